The summed E-state index contributed by atoms with van der Waals surface area (Å²) in [5.74, 6) is 0.0178. The average Bonchev–Trinajstić information content (AvgIpc) is 2.68. The van der Waals surface area contributed by atoms with Crippen LogP contribution in [0.3, 0.4) is 0 Å². The molecular formula is C19H25N3O4. The Morgan fingerprint density at radius 2 is 1.69 bits per heavy atom. The summed E-state index contributed by atoms with van der Waals surface area (Å²) in [7, 11) is 0. The van der Waals surface area contributed by atoms with Gasteiger partial charge in [-0.15, -0.1) is 0 Å². The van der Waals surface area contributed by atoms with Crippen LogP contribution in [0.2, 0.25) is 0 Å². The number of aryl methyl sites for hydroxylation is 1. The van der Waals surface area contributed by atoms with E-state index in [0.29, 0.717) is 37.1 Å². The van der Waals surface area contributed by atoms with Crippen molar-refractivity contribution < 1.29 is 14.5 Å². The summed E-state index contributed by atoms with van der Waals surface area (Å²) in [6.07, 6.45) is 4.67. The molecule has 7 nitrogen and oxygen atoms in total. The van der Waals surface area contributed by atoms with Crippen molar-refractivity contribution in [1.29, 1.82) is 0 Å². The first-order valence-corrected chi connectivity index (χ1v) is 9.30. The smallest absolute Gasteiger partial charge is 0.273 e. The molecular weight excluding hydrogens is 334 g/mol. The lowest BCUT2D eigenvalue weighted by molar-refractivity contribution is -0.385. The zero-order chi connectivity index (χ0) is 18.7. The van der Waals surface area contributed by atoms with Gasteiger partial charge in [0, 0.05) is 49.3 Å². The number of carbonyl (C=O) groups excluding carboxylic acids is 2. The summed E-state index contributed by atoms with van der Waals surface area (Å²) in [6.45, 7) is 4.40. The minimum atomic E-state index is -0.463. The van der Waals surface area contributed by atoms with E-state index in [2.05, 4.69) is 0 Å². The monoisotopic (exact) mass is 359 g/mol. The summed E-state index contributed by atoms with van der Waals surface area (Å²) >= 11 is 0. The van der Waals surface area contributed by atoms with E-state index in [9.17, 15) is 19.7 Å². The number of amides is 2. The normalized spacial score (nSPS) is 18.7. The molecule has 2 aliphatic heterocycles. The summed E-state index contributed by atoms with van der Waals surface area (Å²) in [6, 6.07) is 4.59. The first-order chi connectivity index (χ1) is 12.5. The average molecular weight is 359 g/mol. The van der Waals surface area contributed by atoms with Crippen molar-refractivity contribution in [1.82, 2.24) is 9.80 Å². The third kappa shape index (κ3) is 3.86. The van der Waals surface area contributed by atoms with Crippen LogP contribution < -0.4 is 0 Å². The van der Waals surface area contributed by atoms with Crippen LogP contribution in [0.1, 0.15) is 48.0 Å². The molecule has 0 saturated carbocycles. The lowest BCUT2D eigenvalue weighted by atomic mass is 9.94. The first kappa shape index (κ1) is 18.4. The van der Waals surface area contributed by atoms with Gasteiger partial charge in [0.15, 0.2) is 0 Å². The molecule has 1 aromatic carbocycles. The van der Waals surface area contributed by atoms with Crippen LogP contribution in [0.5, 0.6) is 0 Å². The number of rotatable bonds is 3. The number of carbonyl (C=O) groups is 2. The molecule has 0 atom stereocenters. The fraction of sp³-hybridized carbons (Fsp3) is 0.579. The number of hydrogen-bond donors (Lipinski definition) is 0. The Labute approximate surface area is 153 Å². The molecule has 0 radical (unpaired) electrons. The third-order valence-electron chi connectivity index (χ3n) is 5.45. The minimum Gasteiger partial charge on any atom is -0.342 e. The number of likely N-dealkylation sites (tertiary alicyclic amines) is 2. The van der Waals surface area contributed by atoms with Crippen molar-refractivity contribution in [3.05, 3.63) is 39.4 Å². The van der Waals surface area contributed by atoms with E-state index in [4.69, 9.17) is 0 Å². The van der Waals surface area contributed by atoms with Crippen LogP contribution in [0.4, 0.5) is 5.69 Å². The molecule has 1 aromatic rings. The maximum absolute atomic E-state index is 12.7. The Morgan fingerprint density at radius 1 is 1.04 bits per heavy atom. The second-order valence-electron chi connectivity index (χ2n) is 7.21. The molecule has 26 heavy (non-hydrogen) atoms. The number of nitro groups is 1. The van der Waals surface area contributed by atoms with Crippen molar-refractivity contribution in [2.75, 3.05) is 26.2 Å². The van der Waals surface area contributed by atoms with Gasteiger partial charge in [0.05, 0.1) is 4.92 Å². The first-order valence-electron chi connectivity index (χ1n) is 9.30. The van der Waals surface area contributed by atoms with Crippen LogP contribution in [0, 0.1) is 23.0 Å². The van der Waals surface area contributed by atoms with Gasteiger partial charge in [0.2, 0.25) is 5.91 Å². The van der Waals surface area contributed by atoms with Gasteiger partial charge in [-0.25, -0.2) is 0 Å². The van der Waals surface area contributed by atoms with Gasteiger partial charge in [-0.3, -0.25) is 19.7 Å². The fourth-order valence-electron chi connectivity index (χ4n) is 3.82. The largest absolute Gasteiger partial charge is 0.342 e. The van der Waals surface area contributed by atoms with Gasteiger partial charge in [0.25, 0.3) is 11.6 Å². The number of benzene rings is 1. The molecule has 3 rings (SSSR count). The lowest BCUT2D eigenvalue weighted by Gasteiger charge is -2.35. The van der Waals surface area contributed by atoms with Crippen LogP contribution in [-0.2, 0) is 4.79 Å². The van der Waals surface area contributed by atoms with Gasteiger partial charge in [0.1, 0.15) is 0 Å². The Bertz CT molecular complexity index is 705. The maximum atomic E-state index is 12.7. The van der Waals surface area contributed by atoms with Crippen molar-refractivity contribution in [2.45, 2.75) is 39.0 Å². The molecule has 0 unspecified atom stereocenters. The highest BCUT2D eigenvalue weighted by atomic mass is 16.6. The number of piperidine rings is 2. The number of nitrogens with zero attached hydrogens (tertiary/aromatic N) is 3. The lowest BCUT2D eigenvalue weighted by Crippen LogP contribution is -2.45. The van der Waals surface area contributed by atoms with Crippen LogP contribution in [0.25, 0.3) is 0 Å². The van der Waals surface area contributed by atoms with E-state index >= 15 is 0 Å². The van der Waals surface area contributed by atoms with Gasteiger partial charge in [-0.2, -0.15) is 0 Å². The molecule has 2 amide bonds. The van der Waals surface area contributed by atoms with Gasteiger partial charge in [-0.05, 0) is 45.1 Å². The third-order valence-corrected chi connectivity index (χ3v) is 5.45. The van der Waals surface area contributed by atoms with Crippen molar-refractivity contribution in [3.63, 3.8) is 0 Å². The highest BCUT2D eigenvalue weighted by Gasteiger charge is 2.31. The zero-order valence-electron chi connectivity index (χ0n) is 15.1. The van der Waals surface area contributed by atoms with Gasteiger partial charge in [-0.1, -0.05) is 6.07 Å². The predicted molar refractivity (Wildman–Crippen MR) is 96.9 cm³/mol. The van der Waals surface area contributed by atoms with E-state index in [1.54, 1.807) is 24.0 Å². The predicted octanol–water partition coefficient (Wildman–Crippen LogP) is 2.77. The van der Waals surface area contributed by atoms with E-state index < -0.39 is 4.92 Å². The highest BCUT2D eigenvalue weighted by molar-refractivity contribution is 5.95. The van der Waals surface area contributed by atoms with Crippen LogP contribution >= 0.6 is 0 Å². The summed E-state index contributed by atoms with van der Waals surface area (Å²) in [5, 5.41) is 11.1. The van der Waals surface area contributed by atoms with Gasteiger partial charge >= 0.3 is 0 Å². The van der Waals surface area contributed by atoms with Crippen molar-refractivity contribution in [3.8, 4) is 0 Å². The second kappa shape index (κ2) is 7.85. The molecule has 2 fully saturated rings. The summed E-state index contributed by atoms with van der Waals surface area (Å²) < 4.78 is 0. The standard InChI is InChI=1S/C19H25N3O4/c1-14-5-6-16(13-17(14)22(25)26)19(24)21-11-7-15(8-12-21)18(23)20-9-3-2-4-10-20/h5-6,13,15H,2-4,7-12H2,1H3. The van der Waals surface area contributed by atoms with E-state index in [0.717, 1.165) is 25.9 Å². The molecule has 2 saturated heterocycles. The fourth-order valence-corrected chi connectivity index (χ4v) is 3.82. The highest BCUT2D eigenvalue weighted by Crippen LogP contribution is 2.25. The van der Waals surface area contributed by atoms with E-state index in [-0.39, 0.29) is 23.4 Å². The Morgan fingerprint density at radius 3 is 2.31 bits per heavy atom. The van der Waals surface area contributed by atoms with Crippen LogP contribution in [-0.4, -0.2) is 52.7 Å². The molecule has 0 N–H and O–H groups in total. The topological polar surface area (TPSA) is 83.8 Å². The van der Waals surface area contributed by atoms with Crippen LogP contribution in [0.15, 0.2) is 18.2 Å². The molecule has 0 aliphatic carbocycles. The quantitative estimate of drug-likeness (QED) is 0.614. The summed E-state index contributed by atoms with van der Waals surface area (Å²) in [5.41, 5.74) is 0.839. The molecule has 0 bridgehead atoms. The zero-order valence-corrected chi connectivity index (χ0v) is 15.1. The summed E-state index contributed by atoms with van der Waals surface area (Å²) in [4.78, 5) is 39.6. The van der Waals surface area contributed by atoms with E-state index in [1.807, 2.05) is 4.90 Å². The Hall–Kier alpha value is -2.44. The molecule has 0 aromatic heterocycles. The maximum Gasteiger partial charge on any atom is 0.273 e. The molecule has 0 spiro atoms. The van der Waals surface area contributed by atoms with Crippen molar-refractivity contribution >= 4 is 17.5 Å². The number of hydrogen-bond acceptors (Lipinski definition) is 4. The SMILES string of the molecule is Cc1ccc(C(=O)N2CCC(C(=O)N3CCCCC3)CC2)cc1[N+](=O)[O-]. The molecule has 2 aliphatic rings. The second-order valence-corrected chi connectivity index (χ2v) is 7.21. The molecule has 7 heteroatoms. The minimum absolute atomic E-state index is 0.00972. The molecule has 140 valence electrons. The Kier molecular flexibility index (Phi) is 5.54. The van der Waals surface area contributed by atoms with E-state index in [1.165, 1.54) is 12.5 Å². The Balaban J connectivity index is 1.61. The number of nitro benzene ring substituents is 1. The molecule has 2 heterocycles. The van der Waals surface area contributed by atoms with Crippen molar-refractivity contribution in [2.24, 2.45) is 5.92 Å². The van der Waals surface area contributed by atoms with Gasteiger partial charge < -0.3 is 9.80 Å².